The van der Waals surface area contributed by atoms with Crippen LogP contribution in [0.1, 0.15) is 13.8 Å². The van der Waals surface area contributed by atoms with E-state index in [-0.39, 0.29) is 13.2 Å². The fraction of sp³-hybridized carbons (Fsp3) is 0.846. The third-order valence-corrected chi connectivity index (χ3v) is 6.94. The van der Waals surface area contributed by atoms with Gasteiger partial charge in [-0.25, -0.2) is 9.13 Å². The molecule has 0 amide bonds. The van der Waals surface area contributed by atoms with Crippen LogP contribution in [0.5, 0.6) is 0 Å². The summed E-state index contributed by atoms with van der Waals surface area (Å²) in [6, 6.07) is 0. The highest BCUT2D eigenvalue weighted by atomic mass is 31.2. The van der Waals surface area contributed by atoms with Crippen LogP contribution in [0.25, 0.3) is 0 Å². The maximum absolute atomic E-state index is 12.8. The largest absolute Gasteiger partial charge is 0.465 e. The summed E-state index contributed by atoms with van der Waals surface area (Å²) in [5.74, 6) is -1.46. The maximum Gasteiger partial charge on any atom is 0.409 e. The summed E-state index contributed by atoms with van der Waals surface area (Å²) in [6.45, 7) is 1.84. The van der Waals surface area contributed by atoms with E-state index in [2.05, 4.69) is 0 Å². The molecule has 0 aliphatic heterocycles. The van der Waals surface area contributed by atoms with Crippen LogP contribution in [0.2, 0.25) is 0 Å². The van der Waals surface area contributed by atoms with Gasteiger partial charge in [-0.3, -0.25) is 27.7 Å². The number of hydrogen-bond acceptors (Lipinski definition) is 10. The Labute approximate surface area is 159 Å². The van der Waals surface area contributed by atoms with Gasteiger partial charge in [-0.2, -0.15) is 9.34 Å². The summed E-state index contributed by atoms with van der Waals surface area (Å²) < 4.78 is 56.8. The second-order valence-corrected chi connectivity index (χ2v) is 9.21. The van der Waals surface area contributed by atoms with Crippen molar-refractivity contribution in [3.05, 3.63) is 0 Å². The Hall–Kier alpha value is -0.840. The average Bonchev–Trinajstić information content (AvgIpc) is 2.65. The Bertz CT molecular complexity index is 509. The Balaban J connectivity index is 5.80. The number of carbonyl (C=O) groups is 2. The van der Waals surface area contributed by atoms with Gasteiger partial charge in [-0.05, 0) is 13.8 Å². The summed E-state index contributed by atoms with van der Waals surface area (Å²) >= 11 is 0. The highest BCUT2D eigenvalue weighted by molar-refractivity contribution is 7.52. The normalized spacial score (nSPS) is 12.4. The molecule has 0 aromatic heterocycles. The molecule has 0 aliphatic rings. The predicted octanol–water partition coefficient (Wildman–Crippen LogP) is 1.48. The zero-order valence-corrected chi connectivity index (χ0v) is 18.2. The second-order valence-electron chi connectivity index (χ2n) is 4.75. The first kappa shape index (κ1) is 26.2. The molecule has 0 saturated heterocycles. The topological polar surface area (TPSA) is 130 Å². The van der Waals surface area contributed by atoms with Gasteiger partial charge in [0.15, 0.2) is 0 Å². The van der Waals surface area contributed by atoms with E-state index in [1.54, 1.807) is 13.8 Å². The molecule has 0 radical (unpaired) electrons. The predicted molar refractivity (Wildman–Crippen MR) is 94.8 cm³/mol. The van der Waals surface area contributed by atoms with Crippen molar-refractivity contribution < 1.29 is 46.3 Å². The van der Waals surface area contributed by atoms with Crippen LogP contribution >= 0.6 is 15.5 Å². The number of rotatable bonds is 14. The van der Waals surface area contributed by atoms with Crippen molar-refractivity contribution in [3.63, 3.8) is 0 Å². The quantitative estimate of drug-likeness (QED) is 0.223. The zero-order valence-electron chi connectivity index (χ0n) is 16.4. The van der Waals surface area contributed by atoms with Gasteiger partial charge in [0.25, 0.3) is 0 Å². The van der Waals surface area contributed by atoms with E-state index in [0.29, 0.717) is 0 Å². The molecule has 27 heavy (non-hydrogen) atoms. The number of esters is 2. The lowest BCUT2D eigenvalue weighted by molar-refractivity contribution is -0.144. The molecule has 0 fully saturated rings. The van der Waals surface area contributed by atoms with Crippen LogP contribution in [-0.4, -0.2) is 82.7 Å². The van der Waals surface area contributed by atoms with E-state index in [0.717, 1.165) is 37.8 Å². The first-order valence-electron chi connectivity index (χ1n) is 7.91. The van der Waals surface area contributed by atoms with E-state index in [4.69, 9.17) is 27.6 Å². The zero-order chi connectivity index (χ0) is 21.1. The number of ether oxygens (including phenoxy) is 2. The fourth-order valence-electron chi connectivity index (χ4n) is 1.94. The monoisotopic (exact) mass is 434 g/mol. The molecule has 0 N–H and O–H groups in total. The van der Waals surface area contributed by atoms with Crippen molar-refractivity contribution in [2.75, 3.05) is 61.4 Å². The molecule has 12 nitrogen and oxygen atoms in total. The van der Waals surface area contributed by atoms with Gasteiger partial charge in [0, 0.05) is 28.4 Å². The molecule has 14 heteroatoms. The van der Waals surface area contributed by atoms with Crippen molar-refractivity contribution >= 4 is 27.4 Å². The lowest BCUT2D eigenvalue weighted by Crippen LogP contribution is -2.41. The molecular weight excluding hydrogens is 406 g/mol. The van der Waals surface area contributed by atoms with E-state index in [9.17, 15) is 18.7 Å². The van der Waals surface area contributed by atoms with Gasteiger partial charge in [0.1, 0.15) is 13.1 Å². The molecule has 0 aromatic rings. The molecular formula is C13H28N2O10P2. The highest BCUT2D eigenvalue weighted by Gasteiger charge is 2.41. The summed E-state index contributed by atoms with van der Waals surface area (Å²) in [7, 11) is -3.47. The summed E-state index contributed by atoms with van der Waals surface area (Å²) in [6.07, 6.45) is 0. The molecule has 0 bridgehead atoms. The second kappa shape index (κ2) is 12.6. The van der Waals surface area contributed by atoms with E-state index in [1.165, 1.54) is 0 Å². The number of carbonyl (C=O) groups excluding carboxylic acids is 2. The molecule has 0 spiro atoms. The Kier molecular flexibility index (Phi) is 12.2. The lowest BCUT2D eigenvalue weighted by atomic mass is 10.6. The van der Waals surface area contributed by atoms with Crippen LogP contribution in [0.3, 0.4) is 0 Å². The standard InChI is InChI=1S/C13H28N2O10P2/c1-7-24-12(16)9-14(26(18,20-3)21-4)11-15(10-13(17)25-8-2)27(19,22-5)23-6/h7-11H2,1-6H3. The lowest BCUT2D eigenvalue weighted by Gasteiger charge is -2.34. The molecule has 0 rings (SSSR count). The molecule has 0 aliphatic carbocycles. The summed E-state index contributed by atoms with van der Waals surface area (Å²) in [5, 5.41) is 0. The SMILES string of the molecule is CCOC(=O)CN(CN(CC(=O)OCC)P(=O)(OC)OC)P(=O)(OC)OC. The first-order chi connectivity index (χ1) is 12.7. The molecule has 160 valence electrons. The number of hydrogen-bond donors (Lipinski definition) is 0. The van der Waals surface area contributed by atoms with E-state index in [1.807, 2.05) is 0 Å². The summed E-state index contributed by atoms with van der Waals surface area (Å²) in [4.78, 5) is 23.8. The van der Waals surface area contributed by atoms with Gasteiger partial charge in [-0.15, -0.1) is 0 Å². The van der Waals surface area contributed by atoms with Gasteiger partial charge in [-0.1, -0.05) is 0 Å². The molecule has 0 saturated carbocycles. The Morgan fingerprint density at radius 2 is 1.00 bits per heavy atom. The average molecular weight is 434 g/mol. The van der Waals surface area contributed by atoms with Gasteiger partial charge in [0.05, 0.1) is 19.9 Å². The van der Waals surface area contributed by atoms with Gasteiger partial charge in [0.2, 0.25) is 0 Å². The van der Waals surface area contributed by atoms with Crippen molar-refractivity contribution in [2.45, 2.75) is 13.8 Å². The van der Waals surface area contributed by atoms with Crippen LogP contribution in [-0.2, 0) is 46.3 Å². The Morgan fingerprint density at radius 1 is 0.704 bits per heavy atom. The maximum atomic E-state index is 12.8. The van der Waals surface area contributed by atoms with Crippen molar-refractivity contribution in [1.82, 2.24) is 9.34 Å². The van der Waals surface area contributed by atoms with Crippen LogP contribution in [0.15, 0.2) is 0 Å². The third kappa shape index (κ3) is 7.97. The minimum Gasteiger partial charge on any atom is -0.465 e. The van der Waals surface area contributed by atoms with Crippen LogP contribution in [0.4, 0.5) is 0 Å². The van der Waals surface area contributed by atoms with Crippen LogP contribution in [0, 0.1) is 0 Å². The molecule has 0 unspecified atom stereocenters. The molecule has 0 atom stereocenters. The third-order valence-electron chi connectivity index (χ3n) is 3.18. The van der Waals surface area contributed by atoms with Crippen molar-refractivity contribution in [3.8, 4) is 0 Å². The molecule has 0 aromatic carbocycles. The highest BCUT2D eigenvalue weighted by Crippen LogP contribution is 2.55. The smallest absolute Gasteiger partial charge is 0.409 e. The minimum absolute atomic E-state index is 0.0954. The Morgan fingerprint density at radius 3 is 1.22 bits per heavy atom. The molecule has 0 heterocycles. The van der Waals surface area contributed by atoms with Gasteiger partial charge >= 0.3 is 27.4 Å². The van der Waals surface area contributed by atoms with E-state index < -0.39 is 47.2 Å². The first-order valence-corrected chi connectivity index (χ1v) is 10.9. The number of nitrogens with zero attached hydrogens (tertiary/aromatic N) is 2. The van der Waals surface area contributed by atoms with Gasteiger partial charge < -0.3 is 9.47 Å². The minimum atomic E-state index is -3.97. The summed E-state index contributed by atoms with van der Waals surface area (Å²) in [5.41, 5.74) is 0. The van der Waals surface area contributed by atoms with Crippen LogP contribution < -0.4 is 0 Å². The van der Waals surface area contributed by atoms with Crippen molar-refractivity contribution in [1.29, 1.82) is 0 Å². The van der Waals surface area contributed by atoms with Crippen molar-refractivity contribution in [2.24, 2.45) is 0 Å². The van der Waals surface area contributed by atoms with E-state index >= 15 is 0 Å². The fourth-order valence-corrected chi connectivity index (χ4v) is 4.45.